The van der Waals surface area contributed by atoms with E-state index in [1.165, 1.54) is 4.88 Å². The second-order valence-corrected chi connectivity index (χ2v) is 7.36. The van der Waals surface area contributed by atoms with E-state index in [-0.39, 0.29) is 6.04 Å². The van der Waals surface area contributed by atoms with E-state index in [0.29, 0.717) is 16.7 Å². The van der Waals surface area contributed by atoms with Gasteiger partial charge in [-0.05, 0) is 34.1 Å². The number of halogens is 3. The zero-order valence-electron chi connectivity index (χ0n) is 10.5. The summed E-state index contributed by atoms with van der Waals surface area (Å²) in [6, 6.07) is 6.00. The maximum Gasteiger partial charge on any atom is 0.142 e. The number of nitrogens with one attached hydrogen (secondary N) is 1. The molecule has 0 aliphatic carbocycles. The van der Waals surface area contributed by atoms with Gasteiger partial charge >= 0.3 is 0 Å². The van der Waals surface area contributed by atoms with Crippen LogP contribution in [0.2, 0.25) is 10.0 Å². The highest BCUT2D eigenvalue weighted by atomic mass is 79.9. The molecule has 1 unspecified atom stereocenters. The largest absolute Gasteiger partial charge is 0.492 e. The third kappa shape index (κ3) is 3.15. The highest BCUT2D eigenvalue weighted by Gasteiger charge is 2.24. The SMILES string of the molecule is Clc1cc(Cl)c2c(c1)C(NCc1cc(Br)cs1)CCO2. The van der Waals surface area contributed by atoms with Crippen LogP contribution in [0.1, 0.15) is 22.9 Å². The number of hydrogen-bond donors (Lipinski definition) is 1. The van der Waals surface area contributed by atoms with Gasteiger partial charge in [-0.25, -0.2) is 0 Å². The predicted molar refractivity (Wildman–Crippen MR) is 88.2 cm³/mol. The van der Waals surface area contributed by atoms with Gasteiger partial charge in [0.05, 0.1) is 11.6 Å². The molecular formula is C14H12BrCl2NOS. The van der Waals surface area contributed by atoms with Gasteiger partial charge in [0.15, 0.2) is 0 Å². The molecule has 1 aliphatic heterocycles. The van der Waals surface area contributed by atoms with Gasteiger partial charge in [0.25, 0.3) is 0 Å². The lowest BCUT2D eigenvalue weighted by Gasteiger charge is -2.27. The molecule has 3 rings (SSSR count). The van der Waals surface area contributed by atoms with Crippen molar-refractivity contribution >= 4 is 50.5 Å². The minimum absolute atomic E-state index is 0.218. The van der Waals surface area contributed by atoms with Crippen molar-refractivity contribution in [3.63, 3.8) is 0 Å². The normalized spacial score (nSPS) is 17.6. The van der Waals surface area contributed by atoms with Crippen LogP contribution in [0.15, 0.2) is 28.1 Å². The number of thiophene rings is 1. The van der Waals surface area contributed by atoms with E-state index in [9.17, 15) is 0 Å². The molecule has 0 amide bonds. The van der Waals surface area contributed by atoms with Crippen molar-refractivity contribution in [2.45, 2.75) is 19.0 Å². The first-order chi connectivity index (χ1) is 9.63. The molecule has 2 heterocycles. The van der Waals surface area contributed by atoms with E-state index in [1.54, 1.807) is 17.4 Å². The molecule has 2 nitrogen and oxygen atoms in total. The molecule has 0 fully saturated rings. The summed E-state index contributed by atoms with van der Waals surface area (Å²) in [6.45, 7) is 1.49. The number of rotatable bonds is 3. The molecule has 1 aromatic carbocycles. The summed E-state index contributed by atoms with van der Waals surface area (Å²) in [4.78, 5) is 1.29. The van der Waals surface area contributed by atoms with Crippen molar-refractivity contribution in [3.05, 3.63) is 48.5 Å². The zero-order valence-corrected chi connectivity index (χ0v) is 14.4. The van der Waals surface area contributed by atoms with Gasteiger partial charge in [-0.2, -0.15) is 0 Å². The van der Waals surface area contributed by atoms with Crippen molar-refractivity contribution in [2.24, 2.45) is 0 Å². The number of hydrogen-bond acceptors (Lipinski definition) is 3. The van der Waals surface area contributed by atoms with Crippen LogP contribution in [0.25, 0.3) is 0 Å². The Morgan fingerprint density at radius 1 is 1.35 bits per heavy atom. The van der Waals surface area contributed by atoms with E-state index in [1.807, 2.05) is 6.07 Å². The molecule has 2 aromatic rings. The summed E-state index contributed by atoms with van der Waals surface area (Å²) >= 11 is 17.5. The molecule has 0 saturated heterocycles. The molecule has 106 valence electrons. The van der Waals surface area contributed by atoms with Crippen molar-refractivity contribution in [1.82, 2.24) is 5.32 Å². The summed E-state index contributed by atoms with van der Waals surface area (Å²) in [5.74, 6) is 0.757. The molecular weight excluding hydrogens is 381 g/mol. The van der Waals surface area contributed by atoms with Crippen LogP contribution >= 0.6 is 50.5 Å². The summed E-state index contributed by atoms with van der Waals surface area (Å²) in [5, 5.41) is 6.86. The van der Waals surface area contributed by atoms with Gasteiger partial charge in [0.1, 0.15) is 5.75 Å². The molecule has 1 atom stereocenters. The summed E-state index contributed by atoms with van der Waals surface area (Å²) in [5.41, 5.74) is 1.05. The average Bonchev–Trinajstić information content (AvgIpc) is 2.82. The quantitative estimate of drug-likeness (QED) is 0.751. The molecule has 0 spiro atoms. The highest BCUT2D eigenvalue weighted by Crippen LogP contribution is 2.40. The minimum atomic E-state index is 0.218. The van der Waals surface area contributed by atoms with Crippen LogP contribution in [0.5, 0.6) is 5.75 Å². The lowest BCUT2D eigenvalue weighted by molar-refractivity contribution is 0.252. The van der Waals surface area contributed by atoms with Crippen LogP contribution in [0.4, 0.5) is 0 Å². The Bertz CT molecular complexity index is 632. The number of ether oxygens (including phenoxy) is 1. The van der Waals surface area contributed by atoms with Gasteiger partial charge in [0, 0.05) is 44.3 Å². The molecule has 0 radical (unpaired) electrons. The first kappa shape index (κ1) is 14.7. The van der Waals surface area contributed by atoms with Crippen molar-refractivity contribution in [1.29, 1.82) is 0 Å². The van der Waals surface area contributed by atoms with Crippen LogP contribution in [0.3, 0.4) is 0 Å². The highest BCUT2D eigenvalue weighted by molar-refractivity contribution is 9.10. The maximum absolute atomic E-state index is 6.19. The first-order valence-corrected chi connectivity index (χ1v) is 8.64. The molecule has 1 aliphatic rings. The fourth-order valence-electron chi connectivity index (χ4n) is 2.31. The van der Waals surface area contributed by atoms with Crippen LogP contribution < -0.4 is 10.1 Å². The lowest BCUT2D eigenvalue weighted by atomic mass is 10.0. The third-order valence-electron chi connectivity index (χ3n) is 3.21. The van der Waals surface area contributed by atoms with Gasteiger partial charge in [0.2, 0.25) is 0 Å². The average molecular weight is 393 g/mol. The number of fused-ring (bicyclic) bond motifs is 1. The third-order valence-corrected chi connectivity index (χ3v) is 5.41. The Kier molecular flexibility index (Phi) is 4.58. The Morgan fingerprint density at radius 3 is 2.95 bits per heavy atom. The van der Waals surface area contributed by atoms with Gasteiger partial charge in [-0.3, -0.25) is 0 Å². The topological polar surface area (TPSA) is 21.3 Å². The van der Waals surface area contributed by atoms with E-state index in [0.717, 1.165) is 28.8 Å². The zero-order chi connectivity index (χ0) is 14.1. The standard InChI is InChI=1S/C14H12BrCl2NOS/c15-8-3-10(20-7-8)6-18-13-1-2-19-14-11(13)4-9(16)5-12(14)17/h3-5,7,13,18H,1-2,6H2. The van der Waals surface area contributed by atoms with Crippen molar-refractivity contribution in [3.8, 4) is 5.75 Å². The van der Waals surface area contributed by atoms with E-state index >= 15 is 0 Å². The Hall–Kier alpha value is -0.260. The Balaban J connectivity index is 1.79. The Labute approximate surface area is 140 Å². The Morgan fingerprint density at radius 2 is 2.20 bits per heavy atom. The van der Waals surface area contributed by atoms with E-state index < -0.39 is 0 Å². The van der Waals surface area contributed by atoms with Gasteiger partial charge in [-0.1, -0.05) is 23.2 Å². The van der Waals surface area contributed by atoms with Crippen LogP contribution in [0, 0.1) is 0 Å². The maximum atomic E-state index is 6.19. The minimum Gasteiger partial charge on any atom is -0.492 e. The second kappa shape index (κ2) is 6.24. The molecule has 6 heteroatoms. The molecule has 20 heavy (non-hydrogen) atoms. The summed E-state index contributed by atoms with van der Waals surface area (Å²) in [6.07, 6.45) is 0.913. The predicted octanol–water partition coefficient (Wildman–Crippen LogP) is 5.43. The fourth-order valence-corrected chi connectivity index (χ4v) is 4.27. The number of benzene rings is 1. The fraction of sp³-hybridized carbons (Fsp3) is 0.286. The van der Waals surface area contributed by atoms with Crippen LogP contribution in [-0.4, -0.2) is 6.61 Å². The summed E-state index contributed by atoms with van der Waals surface area (Å²) in [7, 11) is 0. The lowest BCUT2D eigenvalue weighted by Crippen LogP contribution is -2.26. The van der Waals surface area contributed by atoms with Gasteiger partial charge < -0.3 is 10.1 Å². The molecule has 1 N–H and O–H groups in total. The molecule has 0 bridgehead atoms. The van der Waals surface area contributed by atoms with E-state index in [2.05, 4.69) is 32.7 Å². The van der Waals surface area contributed by atoms with Crippen molar-refractivity contribution in [2.75, 3.05) is 6.61 Å². The van der Waals surface area contributed by atoms with E-state index in [4.69, 9.17) is 27.9 Å². The molecule has 0 saturated carbocycles. The van der Waals surface area contributed by atoms with Crippen molar-refractivity contribution < 1.29 is 4.74 Å². The summed E-state index contributed by atoms with van der Waals surface area (Å²) < 4.78 is 6.78. The van der Waals surface area contributed by atoms with Gasteiger partial charge in [-0.15, -0.1) is 11.3 Å². The van der Waals surface area contributed by atoms with Crippen LogP contribution in [-0.2, 0) is 6.54 Å². The monoisotopic (exact) mass is 391 g/mol. The second-order valence-electron chi connectivity index (χ2n) is 4.61. The molecule has 1 aromatic heterocycles. The first-order valence-electron chi connectivity index (χ1n) is 6.21. The smallest absolute Gasteiger partial charge is 0.142 e.